The Morgan fingerprint density at radius 2 is 2.00 bits per heavy atom. The quantitative estimate of drug-likeness (QED) is 0.245. The van der Waals surface area contributed by atoms with Gasteiger partial charge in [-0.2, -0.15) is 0 Å². The number of ketones is 2. The highest BCUT2D eigenvalue weighted by Crippen LogP contribution is 2.14. The number of carbonyl (C=O) groups excluding carboxylic acids is 2. The molecule has 1 aliphatic rings. The minimum Gasteiger partial charge on any atom is -0.383 e. The molecule has 0 aromatic carbocycles. The molecule has 56 valence electrons. The van der Waals surface area contributed by atoms with E-state index in [4.69, 9.17) is 10.9 Å². The van der Waals surface area contributed by atoms with Gasteiger partial charge in [-0.25, -0.2) is 5.01 Å². The summed E-state index contributed by atoms with van der Waals surface area (Å²) in [5.74, 6) is 3.78. The van der Waals surface area contributed by atoms with Crippen molar-refractivity contribution >= 4 is 11.6 Å². The number of carbonyl (C=O) groups is 2. The highest BCUT2D eigenvalue weighted by atomic mass is 16.3. The molecule has 0 saturated heterocycles. The van der Waals surface area contributed by atoms with Gasteiger partial charge in [-0.3, -0.25) is 15.4 Å². The Morgan fingerprint density at radius 1 is 1.50 bits per heavy atom. The first kappa shape index (κ1) is 7.33. The van der Waals surface area contributed by atoms with E-state index >= 15 is 0 Å². The molecule has 0 aromatic heterocycles. The number of hydrogen-bond acceptors (Lipinski definition) is 5. The Bertz CT molecular complexity index is 189. The number of aliphatic hydroxyl groups is 1. The Hall–Kier alpha value is -0.780. The van der Waals surface area contributed by atoms with Crippen LogP contribution in [0, 0.1) is 0 Å². The third-order valence-electron chi connectivity index (χ3n) is 1.52. The predicted octanol–water partition coefficient (Wildman–Crippen LogP) is -2.33. The fourth-order valence-electron chi connectivity index (χ4n) is 0.890. The molecule has 1 saturated carbocycles. The smallest absolute Gasteiger partial charge is 0.230 e. The summed E-state index contributed by atoms with van der Waals surface area (Å²) in [7, 11) is 1.43. The Kier molecular flexibility index (Phi) is 1.55. The molecule has 10 heavy (non-hydrogen) atoms. The number of nitrogens with two attached hydrogens (primary N) is 1. The number of hydrazine groups is 1. The Morgan fingerprint density at radius 3 is 2.20 bits per heavy atom. The van der Waals surface area contributed by atoms with Crippen molar-refractivity contribution in [1.82, 2.24) is 5.01 Å². The number of hydrogen-bond donors (Lipinski definition) is 2. The summed E-state index contributed by atoms with van der Waals surface area (Å²) in [6, 6.07) is -0.826. The van der Waals surface area contributed by atoms with E-state index in [2.05, 4.69) is 0 Å². The maximum absolute atomic E-state index is 10.6. The van der Waals surface area contributed by atoms with Crippen LogP contribution in [0.1, 0.15) is 0 Å². The number of rotatable bonds is 1. The van der Waals surface area contributed by atoms with Crippen LogP contribution in [-0.2, 0) is 9.59 Å². The standard InChI is InChI=1S/C5H8N2O3/c1-7(6)2-3(8)5(10)4(2)9/h2-3,8H,6H2,1H3. The number of aliphatic hydroxyl groups excluding tert-OH is 1. The fourth-order valence-corrected chi connectivity index (χ4v) is 0.890. The van der Waals surface area contributed by atoms with Gasteiger partial charge in [0.05, 0.1) is 0 Å². The molecule has 2 unspecified atom stereocenters. The minimum atomic E-state index is -1.22. The van der Waals surface area contributed by atoms with Gasteiger partial charge in [0.2, 0.25) is 11.6 Å². The first-order chi connectivity index (χ1) is 4.55. The van der Waals surface area contributed by atoms with Gasteiger partial charge < -0.3 is 5.11 Å². The van der Waals surface area contributed by atoms with E-state index in [9.17, 15) is 9.59 Å². The molecule has 0 bridgehead atoms. The Balaban J connectivity index is 2.67. The van der Waals surface area contributed by atoms with Crippen molar-refractivity contribution in [3.05, 3.63) is 0 Å². The molecule has 0 aromatic rings. The highest BCUT2D eigenvalue weighted by molar-refractivity contribution is 6.48. The number of likely N-dealkylation sites (N-methyl/N-ethyl adjacent to an activating group) is 1. The molecular formula is C5H8N2O3. The van der Waals surface area contributed by atoms with Crippen LogP contribution >= 0.6 is 0 Å². The van der Waals surface area contributed by atoms with E-state index in [-0.39, 0.29) is 0 Å². The number of nitrogens with zero attached hydrogens (tertiary/aromatic N) is 1. The van der Waals surface area contributed by atoms with E-state index in [0.29, 0.717) is 0 Å². The van der Waals surface area contributed by atoms with Crippen molar-refractivity contribution in [2.75, 3.05) is 7.05 Å². The third kappa shape index (κ3) is 0.756. The van der Waals surface area contributed by atoms with Crippen molar-refractivity contribution in [3.63, 3.8) is 0 Å². The lowest BCUT2D eigenvalue weighted by molar-refractivity contribution is -0.160. The van der Waals surface area contributed by atoms with Gasteiger partial charge in [0, 0.05) is 7.05 Å². The average Bonchev–Trinajstić information content (AvgIpc) is 1.87. The fraction of sp³-hybridized carbons (Fsp3) is 0.600. The summed E-state index contributed by atoms with van der Waals surface area (Å²) in [6.07, 6.45) is -1.22. The summed E-state index contributed by atoms with van der Waals surface area (Å²) in [6.45, 7) is 0. The van der Waals surface area contributed by atoms with Crippen LogP contribution in [-0.4, -0.2) is 40.9 Å². The van der Waals surface area contributed by atoms with Crippen molar-refractivity contribution in [2.24, 2.45) is 5.84 Å². The van der Waals surface area contributed by atoms with E-state index in [1.165, 1.54) is 7.05 Å². The van der Waals surface area contributed by atoms with Crippen LogP contribution in [0.5, 0.6) is 0 Å². The van der Waals surface area contributed by atoms with Gasteiger partial charge in [0.25, 0.3) is 0 Å². The second-order valence-electron chi connectivity index (χ2n) is 2.28. The Labute approximate surface area is 57.4 Å². The molecule has 1 rings (SSSR count). The van der Waals surface area contributed by atoms with E-state index in [1.54, 1.807) is 0 Å². The van der Waals surface area contributed by atoms with E-state index < -0.39 is 23.7 Å². The normalized spacial score (nSPS) is 32.8. The van der Waals surface area contributed by atoms with E-state index in [0.717, 1.165) is 5.01 Å². The van der Waals surface area contributed by atoms with Gasteiger partial charge in [-0.05, 0) is 0 Å². The highest BCUT2D eigenvalue weighted by Gasteiger charge is 2.49. The molecule has 0 radical (unpaired) electrons. The molecular weight excluding hydrogens is 136 g/mol. The first-order valence-electron chi connectivity index (χ1n) is 2.79. The summed E-state index contributed by atoms with van der Waals surface area (Å²) in [4.78, 5) is 21.0. The molecule has 0 amide bonds. The van der Waals surface area contributed by atoms with Crippen LogP contribution < -0.4 is 5.84 Å². The van der Waals surface area contributed by atoms with Crippen LogP contribution in [0.2, 0.25) is 0 Å². The van der Waals surface area contributed by atoms with Crippen LogP contribution in [0.4, 0.5) is 0 Å². The van der Waals surface area contributed by atoms with Gasteiger partial charge in [-0.15, -0.1) is 0 Å². The zero-order chi connectivity index (χ0) is 7.89. The van der Waals surface area contributed by atoms with Gasteiger partial charge in [-0.1, -0.05) is 0 Å². The second kappa shape index (κ2) is 2.12. The van der Waals surface area contributed by atoms with Crippen molar-refractivity contribution in [2.45, 2.75) is 12.1 Å². The molecule has 1 fully saturated rings. The zero-order valence-corrected chi connectivity index (χ0v) is 5.44. The van der Waals surface area contributed by atoms with Gasteiger partial charge in [0.15, 0.2) is 0 Å². The van der Waals surface area contributed by atoms with Crippen LogP contribution in [0.15, 0.2) is 0 Å². The number of Topliss-reactive ketones (excluding diaryl/α,β-unsaturated/α-hetero) is 2. The minimum absolute atomic E-state index is 0.613. The van der Waals surface area contributed by atoms with Gasteiger partial charge in [0.1, 0.15) is 12.1 Å². The van der Waals surface area contributed by atoms with Crippen molar-refractivity contribution in [3.8, 4) is 0 Å². The average molecular weight is 144 g/mol. The largest absolute Gasteiger partial charge is 0.383 e. The lowest BCUT2D eigenvalue weighted by atomic mass is 9.85. The maximum atomic E-state index is 10.6. The first-order valence-corrected chi connectivity index (χ1v) is 2.79. The zero-order valence-electron chi connectivity index (χ0n) is 5.44. The SMILES string of the molecule is CN(N)C1C(=O)C(=O)C1O. The summed E-state index contributed by atoms with van der Waals surface area (Å²) in [5.41, 5.74) is 0. The van der Waals surface area contributed by atoms with Crippen LogP contribution in [0.25, 0.3) is 0 Å². The molecule has 0 heterocycles. The molecule has 0 spiro atoms. The molecule has 5 heteroatoms. The molecule has 1 aliphatic carbocycles. The predicted molar refractivity (Wildman–Crippen MR) is 31.8 cm³/mol. The second-order valence-corrected chi connectivity index (χ2v) is 2.28. The lowest BCUT2D eigenvalue weighted by Crippen LogP contribution is -2.65. The summed E-state index contributed by atoms with van der Waals surface area (Å²) < 4.78 is 0. The summed E-state index contributed by atoms with van der Waals surface area (Å²) >= 11 is 0. The molecule has 5 nitrogen and oxygen atoms in total. The van der Waals surface area contributed by atoms with Gasteiger partial charge >= 0.3 is 0 Å². The monoisotopic (exact) mass is 144 g/mol. The van der Waals surface area contributed by atoms with E-state index in [1.807, 2.05) is 0 Å². The molecule has 0 aliphatic heterocycles. The van der Waals surface area contributed by atoms with Crippen LogP contribution in [0.3, 0.4) is 0 Å². The molecule has 3 N–H and O–H groups in total. The third-order valence-corrected chi connectivity index (χ3v) is 1.52. The molecule has 2 atom stereocenters. The summed E-state index contributed by atoms with van der Waals surface area (Å²) in [5, 5.41) is 9.86. The van der Waals surface area contributed by atoms with Crippen molar-refractivity contribution < 1.29 is 14.7 Å². The topological polar surface area (TPSA) is 83.6 Å². The maximum Gasteiger partial charge on any atom is 0.230 e. The lowest BCUT2D eigenvalue weighted by Gasteiger charge is -2.33. The van der Waals surface area contributed by atoms with Crippen molar-refractivity contribution in [1.29, 1.82) is 0 Å².